The molecule has 1 aliphatic rings. The number of guanidine groups is 1. The number of rotatable bonds is 8. The summed E-state index contributed by atoms with van der Waals surface area (Å²) in [6, 6.07) is 6.24. The van der Waals surface area contributed by atoms with Crippen LogP contribution in [0.5, 0.6) is 0 Å². The van der Waals surface area contributed by atoms with Crippen LogP contribution in [0.3, 0.4) is 0 Å². The van der Waals surface area contributed by atoms with E-state index < -0.39 is 0 Å². The Morgan fingerprint density at radius 2 is 2.25 bits per heavy atom. The summed E-state index contributed by atoms with van der Waals surface area (Å²) >= 11 is 0. The van der Waals surface area contributed by atoms with Crippen molar-refractivity contribution in [2.45, 2.75) is 58.6 Å². The van der Waals surface area contributed by atoms with Crippen LogP contribution in [-0.2, 0) is 11.2 Å². The van der Waals surface area contributed by atoms with E-state index in [1.165, 1.54) is 6.42 Å². The second kappa shape index (κ2) is 10.2. The fourth-order valence-corrected chi connectivity index (χ4v) is 2.84. The lowest BCUT2D eigenvalue weighted by atomic mass is 9.64. The van der Waals surface area contributed by atoms with Crippen molar-refractivity contribution in [2.24, 2.45) is 16.1 Å². The van der Waals surface area contributed by atoms with E-state index in [0.717, 1.165) is 31.6 Å². The van der Waals surface area contributed by atoms with Gasteiger partial charge in [-0.2, -0.15) is 0 Å². The lowest BCUT2D eigenvalue weighted by Crippen LogP contribution is -2.63. The molecule has 1 heterocycles. The molecular weight excluding hydrogens is 415 g/mol. The molecule has 5 nitrogen and oxygen atoms in total. The van der Waals surface area contributed by atoms with Gasteiger partial charge in [-0.3, -0.25) is 9.98 Å². The zero-order valence-electron chi connectivity index (χ0n) is 15.0. The number of aromatic nitrogens is 1. The van der Waals surface area contributed by atoms with Crippen LogP contribution in [0.1, 0.15) is 45.7 Å². The summed E-state index contributed by atoms with van der Waals surface area (Å²) in [5, 5.41) is 3.34. The van der Waals surface area contributed by atoms with Crippen molar-refractivity contribution in [3.05, 3.63) is 30.1 Å². The highest BCUT2D eigenvalue weighted by Crippen LogP contribution is 2.42. The van der Waals surface area contributed by atoms with Gasteiger partial charge in [0.15, 0.2) is 5.96 Å². The fraction of sp³-hybridized carbons (Fsp3) is 0.667. The molecule has 0 aromatic carbocycles. The first-order valence-corrected chi connectivity index (χ1v) is 8.62. The molecule has 0 amide bonds. The van der Waals surface area contributed by atoms with Crippen molar-refractivity contribution in [3.8, 4) is 0 Å². The van der Waals surface area contributed by atoms with E-state index in [0.29, 0.717) is 24.7 Å². The highest BCUT2D eigenvalue weighted by atomic mass is 127. The third-order valence-electron chi connectivity index (χ3n) is 4.69. The number of hydrogen-bond donors (Lipinski definition) is 2. The molecule has 0 bridgehead atoms. The number of aliphatic imine (C=N–C) groups is 1. The van der Waals surface area contributed by atoms with Crippen molar-refractivity contribution in [2.75, 3.05) is 13.2 Å². The van der Waals surface area contributed by atoms with E-state index in [1.807, 2.05) is 18.2 Å². The van der Waals surface area contributed by atoms with Crippen LogP contribution >= 0.6 is 24.0 Å². The summed E-state index contributed by atoms with van der Waals surface area (Å²) in [5.74, 6) is 0.519. The molecular formula is C18H31IN4O. The van der Waals surface area contributed by atoms with Crippen molar-refractivity contribution in [3.63, 3.8) is 0 Å². The zero-order chi connectivity index (χ0) is 16.7. The maximum Gasteiger partial charge on any atom is 0.188 e. The molecule has 0 radical (unpaired) electrons. The SMILES string of the molecule is CCCCOC1CC(NC(N)=NCCc2ccccn2)C1(C)C.I. The van der Waals surface area contributed by atoms with E-state index in [-0.39, 0.29) is 29.4 Å². The molecule has 1 fully saturated rings. The maximum absolute atomic E-state index is 6.01. The zero-order valence-corrected chi connectivity index (χ0v) is 17.3. The summed E-state index contributed by atoms with van der Waals surface area (Å²) in [6.45, 7) is 8.14. The van der Waals surface area contributed by atoms with Gasteiger partial charge in [-0.25, -0.2) is 0 Å². The molecule has 1 aliphatic carbocycles. The van der Waals surface area contributed by atoms with Crippen LogP contribution in [0, 0.1) is 5.41 Å². The smallest absolute Gasteiger partial charge is 0.188 e. The van der Waals surface area contributed by atoms with Gasteiger partial charge in [0.25, 0.3) is 0 Å². The minimum Gasteiger partial charge on any atom is -0.378 e. The summed E-state index contributed by atoms with van der Waals surface area (Å²) in [5.41, 5.74) is 7.15. The average Bonchev–Trinajstić information content (AvgIpc) is 2.54. The standard InChI is InChI=1S/C18H30N4O.HI/c1-4-5-12-23-16-13-15(18(16,2)3)22-17(19)21-11-9-14-8-6-7-10-20-14;/h6-8,10,15-16H,4-5,9,11-13H2,1-3H3,(H3,19,21,22);1H. The van der Waals surface area contributed by atoms with Crippen molar-refractivity contribution in [1.29, 1.82) is 0 Å². The largest absolute Gasteiger partial charge is 0.378 e. The molecule has 0 spiro atoms. The number of nitrogens with one attached hydrogen (secondary N) is 1. The molecule has 0 aliphatic heterocycles. The Morgan fingerprint density at radius 1 is 1.46 bits per heavy atom. The molecule has 3 N–H and O–H groups in total. The summed E-state index contributed by atoms with van der Waals surface area (Å²) in [4.78, 5) is 8.70. The number of hydrogen-bond acceptors (Lipinski definition) is 3. The van der Waals surface area contributed by atoms with Crippen LogP contribution in [-0.4, -0.2) is 36.2 Å². The molecule has 24 heavy (non-hydrogen) atoms. The average molecular weight is 446 g/mol. The number of nitrogens with zero attached hydrogens (tertiary/aromatic N) is 2. The van der Waals surface area contributed by atoms with Gasteiger partial charge in [0.1, 0.15) is 0 Å². The predicted molar refractivity (Wildman–Crippen MR) is 110 cm³/mol. The predicted octanol–water partition coefficient (Wildman–Crippen LogP) is 3.13. The highest BCUT2D eigenvalue weighted by Gasteiger charge is 2.49. The van der Waals surface area contributed by atoms with Gasteiger partial charge in [0, 0.05) is 42.9 Å². The van der Waals surface area contributed by atoms with Crippen LogP contribution in [0.25, 0.3) is 0 Å². The number of unbranched alkanes of at least 4 members (excludes halogenated alkanes) is 1. The van der Waals surface area contributed by atoms with Crippen LogP contribution < -0.4 is 11.1 Å². The molecule has 1 aromatic rings. The van der Waals surface area contributed by atoms with E-state index in [1.54, 1.807) is 6.20 Å². The molecule has 2 rings (SSSR count). The van der Waals surface area contributed by atoms with Gasteiger partial charge >= 0.3 is 0 Å². The molecule has 1 saturated carbocycles. The first-order chi connectivity index (χ1) is 11.0. The van der Waals surface area contributed by atoms with Gasteiger partial charge < -0.3 is 15.8 Å². The van der Waals surface area contributed by atoms with Crippen LogP contribution in [0.2, 0.25) is 0 Å². The monoisotopic (exact) mass is 446 g/mol. The Labute approximate surface area is 162 Å². The summed E-state index contributed by atoms with van der Waals surface area (Å²) in [6.07, 6.45) is 6.21. The minimum atomic E-state index is 0. The first kappa shape index (κ1) is 21.2. The van der Waals surface area contributed by atoms with Gasteiger partial charge in [-0.05, 0) is 25.0 Å². The van der Waals surface area contributed by atoms with Crippen molar-refractivity contribution >= 4 is 29.9 Å². The number of pyridine rings is 1. The van der Waals surface area contributed by atoms with E-state index in [4.69, 9.17) is 10.5 Å². The topological polar surface area (TPSA) is 72.5 Å². The van der Waals surface area contributed by atoms with Crippen LogP contribution in [0.4, 0.5) is 0 Å². The maximum atomic E-state index is 6.01. The Kier molecular flexibility index (Phi) is 8.97. The van der Waals surface area contributed by atoms with Gasteiger partial charge in [-0.15, -0.1) is 24.0 Å². The lowest BCUT2D eigenvalue weighted by molar-refractivity contribution is -0.113. The van der Waals surface area contributed by atoms with Crippen molar-refractivity contribution in [1.82, 2.24) is 10.3 Å². The summed E-state index contributed by atoms with van der Waals surface area (Å²) in [7, 11) is 0. The molecule has 136 valence electrons. The normalized spacial score (nSPS) is 22.4. The third kappa shape index (κ3) is 5.88. The highest BCUT2D eigenvalue weighted by molar-refractivity contribution is 14.0. The second-order valence-electron chi connectivity index (χ2n) is 6.81. The molecule has 2 unspecified atom stereocenters. The van der Waals surface area contributed by atoms with Gasteiger partial charge in [0.05, 0.1) is 6.10 Å². The Balaban J connectivity index is 0.00000288. The first-order valence-electron chi connectivity index (χ1n) is 8.62. The van der Waals surface area contributed by atoms with Crippen molar-refractivity contribution < 1.29 is 4.74 Å². The quantitative estimate of drug-likeness (QED) is 0.279. The molecule has 1 aromatic heterocycles. The number of nitrogens with two attached hydrogens (primary N) is 1. The molecule has 6 heteroatoms. The summed E-state index contributed by atoms with van der Waals surface area (Å²) < 4.78 is 5.96. The fourth-order valence-electron chi connectivity index (χ4n) is 2.84. The molecule has 0 saturated heterocycles. The Morgan fingerprint density at radius 3 is 2.88 bits per heavy atom. The van der Waals surface area contributed by atoms with E-state index in [9.17, 15) is 0 Å². The number of halogens is 1. The third-order valence-corrected chi connectivity index (χ3v) is 4.69. The molecule has 2 atom stereocenters. The van der Waals surface area contributed by atoms with Gasteiger partial charge in [0.2, 0.25) is 0 Å². The second-order valence-corrected chi connectivity index (χ2v) is 6.81. The minimum absolute atomic E-state index is 0. The Bertz CT molecular complexity index is 507. The number of ether oxygens (including phenoxy) is 1. The van der Waals surface area contributed by atoms with Gasteiger partial charge in [-0.1, -0.05) is 33.3 Å². The van der Waals surface area contributed by atoms with Crippen LogP contribution in [0.15, 0.2) is 29.4 Å². The van der Waals surface area contributed by atoms with E-state index in [2.05, 4.69) is 36.1 Å². The lowest BCUT2D eigenvalue weighted by Gasteiger charge is -2.51. The Hall–Kier alpha value is -0.890. The van der Waals surface area contributed by atoms with E-state index >= 15 is 0 Å².